The van der Waals surface area contributed by atoms with Gasteiger partial charge in [-0.3, -0.25) is 0 Å². The van der Waals surface area contributed by atoms with Gasteiger partial charge in [0.05, 0.1) is 0 Å². The minimum atomic E-state index is -4.39. The van der Waals surface area contributed by atoms with Crippen LogP contribution in [0.2, 0.25) is 0 Å². The molecule has 10 heavy (non-hydrogen) atoms. The molecule has 0 aliphatic carbocycles. The zero-order valence-electron chi connectivity index (χ0n) is 4.44. The van der Waals surface area contributed by atoms with E-state index in [1.54, 1.807) is 0 Å². The molecule has 1 aromatic heterocycles. The van der Waals surface area contributed by atoms with Crippen molar-refractivity contribution < 1.29 is 17.7 Å². The molecular formula is C4HBrF3NO. The first-order valence-electron chi connectivity index (χ1n) is 2.19. The van der Waals surface area contributed by atoms with E-state index < -0.39 is 11.7 Å². The van der Waals surface area contributed by atoms with Crippen molar-refractivity contribution in [1.29, 1.82) is 0 Å². The number of rotatable bonds is 0. The maximum atomic E-state index is 11.8. The molecule has 0 aliphatic rings. The van der Waals surface area contributed by atoms with Crippen LogP contribution in [0.1, 0.15) is 5.56 Å². The van der Waals surface area contributed by atoms with E-state index in [0.717, 1.165) is 0 Å². The van der Waals surface area contributed by atoms with Gasteiger partial charge in [-0.05, 0) is 15.9 Å². The molecular weight excluding hydrogens is 215 g/mol. The van der Waals surface area contributed by atoms with Crippen LogP contribution in [0.5, 0.6) is 0 Å². The lowest BCUT2D eigenvalue weighted by atomic mass is 10.4. The lowest BCUT2D eigenvalue weighted by Crippen LogP contribution is -2.03. The van der Waals surface area contributed by atoms with E-state index >= 15 is 0 Å². The lowest BCUT2D eigenvalue weighted by Gasteiger charge is -1.99. The molecule has 0 amide bonds. The van der Waals surface area contributed by atoms with Crippen molar-refractivity contribution in [3.63, 3.8) is 0 Å². The normalized spacial score (nSPS) is 12.0. The third-order valence-corrected chi connectivity index (χ3v) is 1.40. The highest BCUT2D eigenvalue weighted by molar-refractivity contribution is 9.10. The van der Waals surface area contributed by atoms with Crippen molar-refractivity contribution in [2.75, 3.05) is 0 Å². The van der Waals surface area contributed by atoms with E-state index in [-0.39, 0.29) is 4.60 Å². The van der Waals surface area contributed by atoms with Crippen molar-refractivity contribution in [2.24, 2.45) is 0 Å². The molecule has 0 fully saturated rings. The van der Waals surface area contributed by atoms with E-state index in [1.165, 1.54) is 0 Å². The summed E-state index contributed by atoms with van der Waals surface area (Å²) in [6.07, 6.45) is -3.84. The largest absolute Gasteiger partial charge is 0.422 e. The summed E-state index contributed by atoms with van der Waals surface area (Å²) in [4.78, 5) is 0. The standard InChI is InChI=1S/C4HBrF3NO/c5-3-2(1-10-9-3)4(6,7)8/h1H. The quantitative estimate of drug-likeness (QED) is 0.665. The van der Waals surface area contributed by atoms with Crippen LogP contribution in [-0.2, 0) is 6.18 Å². The minimum absolute atomic E-state index is 0.319. The van der Waals surface area contributed by atoms with Gasteiger partial charge in [-0.1, -0.05) is 5.16 Å². The van der Waals surface area contributed by atoms with Crippen LogP contribution in [-0.4, -0.2) is 5.16 Å². The molecule has 2 nitrogen and oxygen atoms in total. The molecule has 0 saturated carbocycles. The predicted molar refractivity (Wildman–Crippen MR) is 29.2 cm³/mol. The van der Waals surface area contributed by atoms with E-state index in [0.29, 0.717) is 6.26 Å². The summed E-state index contributed by atoms with van der Waals surface area (Å²) in [6.45, 7) is 0. The number of nitrogens with zero attached hydrogens (tertiary/aromatic N) is 1. The van der Waals surface area contributed by atoms with Gasteiger partial charge in [0.1, 0.15) is 11.8 Å². The molecule has 1 aromatic rings. The van der Waals surface area contributed by atoms with E-state index in [1.807, 2.05) is 0 Å². The van der Waals surface area contributed by atoms with E-state index in [2.05, 4.69) is 25.6 Å². The van der Waals surface area contributed by atoms with Crippen molar-refractivity contribution in [2.45, 2.75) is 6.18 Å². The second-order valence-electron chi connectivity index (χ2n) is 1.52. The van der Waals surface area contributed by atoms with Crippen LogP contribution in [0.15, 0.2) is 15.4 Å². The van der Waals surface area contributed by atoms with Gasteiger partial charge < -0.3 is 4.52 Å². The minimum Gasteiger partial charge on any atom is -0.363 e. The highest BCUT2D eigenvalue weighted by Crippen LogP contribution is 2.33. The molecule has 0 radical (unpaired) electrons. The average Bonchev–Trinajstić information content (AvgIpc) is 2.11. The van der Waals surface area contributed by atoms with Crippen LogP contribution in [0.3, 0.4) is 0 Å². The number of alkyl halides is 3. The molecule has 6 heteroatoms. The van der Waals surface area contributed by atoms with Crippen LogP contribution < -0.4 is 0 Å². The molecule has 0 aromatic carbocycles. The number of halogens is 4. The summed E-state index contributed by atoms with van der Waals surface area (Å²) >= 11 is 2.58. The summed E-state index contributed by atoms with van der Waals surface area (Å²) in [6, 6.07) is 0. The SMILES string of the molecule is FC(F)(F)c1conc1Br. The highest BCUT2D eigenvalue weighted by Gasteiger charge is 2.35. The Morgan fingerprint density at radius 2 is 2.10 bits per heavy atom. The average molecular weight is 216 g/mol. The van der Waals surface area contributed by atoms with Crippen LogP contribution >= 0.6 is 15.9 Å². The Morgan fingerprint density at radius 1 is 1.50 bits per heavy atom. The molecule has 56 valence electrons. The third-order valence-electron chi connectivity index (χ3n) is 0.831. The maximum Gasteiger partial charge on any atom is 0.422 e. The lowest BCUT2D eigenvalue weighted by molar-refractivity contribution is -0.138. The Balaban J connectivity index is 3.05. The molecule has 0 bridgehead atoms. The number of hydrogen-bond donors (Lipinski definition) is 0. The van der Waals surface area contributed by atoms with Gasteiger partial charge >= 0.3 is 6.18 Å². The molecule has 0 atom stereocenters. The summed E-state index contributed by atoms with van der Waals surface area (Å²) in [5.41, 5.74) is -0.896. The molecule has 0 N–H and O–H groups in total. The van der Waals surface area contributed by atoms with Crippen molar-refractivity contribution >= 4 is 15.9 Å². The fourth-order valence-corrected chi connectivity index (χ4v) is 0.809. The zero-order chi connectivity index (χ0) is 7.78. The maximum absolute atomic E-state index is 11.8. The van der Waals surface area contributed by atoms with Gasteiger partial charge in [-0.15, -0.1) is 0 Å². The summed E-state index contributed by atoms with van der Waals surface area (Å²) in [7, 11) is 0. The van der Waals surface area contributed by atoms with Crippen molar-refractivity contribution in [1.82, 2.24) is 5.16 Å². The van der Waals surface area contributed by atoms with Gasteiger partial charge in [0.2, 0.25) is 0 Å². The third kappa shape index (κ3) is 1.31. The first-order valence-corrected chi connectivity index (χ1v) is 2.98. The molecule has 0 spiro atoms. The second kappa shape index (κ2) is 2.26. The molecule has 1 heterocycles. The Bertz CT molecular complexity index is 231. The van der Waals surface area contributed by atoms with Crippen LogP contribution in [0, 0.1) is 0 Å². The smallest absolute Gasteiger partial charge is 0.363 e. The van der Waals surface area contributed by atoms with E-state index in [4.69, 9.17) is 0 Å². The highest BCUT2D eigenvalue weighted by atomic mass is 79.9. The first kappa shape index (κ1) is 7.59. The fraction of sp³-hybridized carbons (Fsp3) is 0.250. The Labute approximate surface area is 62.1 Å². The number of aromatic nitrogens is 1. The van der Waals surface area contributed by atoms with Gasteiger partial charge in [0.15, 0.2) is 4.60 Å². The Kier molecular flexibility index (Phi) is 1.72. The summed E-state index contributed by atoms with van der Waals surface area (Å²) in [5, 5.41) is 3.00. The van der Waals surface area contributed by atoms with Crippen LogP contribution in [0.25, 0.3) is 0 Å². The molecule has 0 saturated heterocycles. The molecule has 0 unspecified atom stereocenters. The Morgan fingerprint density at radius 3 is 2.30 bits per heavy atom. The monoisotopic (exact) mass is 215 g/mol. The predicted octanol–water partition coefficient (Wildman–Crippen LogP) is 2.46. The van der Waals surface area contributed by atoms with Crippen LogP contribution in [0.4, 0.5) is 13.2 Å². The topological polar surface area (TPSA) is 26.0 Å². The van der Waals surface area contributed by atoms with Gasteiger partial charge in [0.25, 0.3) is 0 Å². The van der Waals surface area contributed by atoms with Gasteiger partial charge in [0, 0.05) is 0 Å². The Hall–Kier alpha value is -0.520. The summed E-state index contributed by atoms with van der Waals surface area (Å²) < 4.78 is 39.0. The van der Waals surface area contributed by atoms with Gasteiger partial charge in [-0.2, -0.15) is 13.2 Å². The first-order chi connectivity index (χ1) is 4.52. The second-order valence-corrected chi connectivity index (χ2v) is 2.27. The van der Waals surface area contributed by atoms with Crippen molar-refractivity contribution in [3.8, 4) is 0 Å². The molecule has 1 rings (SSSR count). The van der Waals surface area contributed by atoms with Gasteiger partial charge in [-0.25, -0.2) is 0 Å². The van der Waals surface area contributed by atoms with E-state index in [9.17, 15) is 13.2 Å². The fourth-order valence-electron chi connectivity index (χ4n) is 0.407. The van der Waals surface area contributed by atoms with Crippen molar-refractivity contribution in [3.05, 3.63) is 16.4 Å². The molecule has 0 aliphatic heterocycles. The number of hydrogen-bond acceptors (Lipinski definition) is 2. The summed E-state index contributed by atoms with van der Waals surface area (Å²) in [5.74, 6) is 0. The zero-order valence-corrected chi connectivity index (χ0v) is 6.03.